The van der Waals surface area contributed by atoms with Crippen molar-refractivity contribution in [2.75, 3.05) is 30.3 Å². The van der Waals surface area contributed by atoms with E-state index in [1.807, 2.05) is 52.0 Å². The summed E-state index contributed by atoms with van der Waals surface area (Å²) >= 11 is 0. The average Bonchev–Trinajstić information content (AvgIpc) is 2.53. The topological polar surface area (TPSA) is 78.9 Å². The number of benzene rings is 1. The van der Waals surface area contributed by atoms with E-state index >= 15 is 0 Å². The zero-order valence-corrected chi connectivity index (χ0v) is 14.7. The molecule has 2 rings (SSSR count). The van der Waals surface area contributed by atoms with Gasteiger partial charge in [0.1, 0.15) is 5.82 Å². The van der Waals surface area contributed by atoms with Gasteiger partial charge in [0.15, 0.2) is 0 Å². The number of rotatable bonds is 7. The van der Waals surface area contributed by atoms with Gasteiger partial charge in [-0.05, 0) is 39.3 Å². The lowest BCUT2D eigenvalue weighted by molar-refractivity contribution is 0.0954. The number of carbonyl (C=O) groups excluding carboxylic acids is 1. The number of anilines is 2. The normalized spacial score (nSPS) is 10.3. The van der Waals surface area contributed by atoms with Gasteiger partial charge in [0.2, 0.25) is 5.95 Å². The SMILES string of the molecule is CCNc1cc(C)nc(NCCNC(=O)c2cc(C)ccc2C)n1. The summed E-state index contributed by atoms with van der Waals surface area (Å²) in [6.07, 6.45) is 0. The van der Waals surface area contributed by atoms with Crippen LogP contribution in [0.2, 0.25) is 0 Å². The van der Waals surface area contributed by atoms with Crippen molar-refractivity contribution in [2.24, 2.45) is 0 Å². The third kappa shape index (κ3) is 4.94. The summed E-state index contributed by atoms with van der Waals surface area (Å²) in [7, 11) is 0. The minimum absolute atomic E-state index is 0.0588. The Hall–Kier alpha value is -2.63. The molecule has 2 aromatic rings. The zero-order valence-electron chi connectivity index (χ0n) is 14.7. The average molecular weight is 327 g/mol. The second-order valence-corrected chi connectivity index (χ2v) is 5.75. The smallest absolute Gasteiger partial charge is 0.251 e. The fraction of sp³-hybridized carbons (Fsp3) is 0.389. The van der Waals surface area contributed by atoms with Gasteiger partial charge in [0, 0.05) is 37.0 Å². The molecule has 0 aliphatic carbocycles. The molecular weight excluding hydrogens is 302 g/mol. The van der Waals surface area contributed by atoms with Gasteiger partial charge < -0.3 is 16.0 Å². The molecule has 0 saturated heterocycles. The highest BCUT2D eigenvalue weighted by molar-refractivity contribution is 5.95. The van der Waals surface area contributed by atoms with Gasteiger partial charge in [-0.3, -0.25) is 4.79 Å². The fourth-order valence-corrected chi connectivity index (χ4v) is 2.35. The first-order valence-corrected chi connectivity index (χ1v) is 8.18. The molecule has 6 nitrogen and oxygen atoms in total. The Labute approximate surface area is 143 Å². The maximum absolute atomic E-state index is 12.2. The Bertz CT molecular complexity index is 715. The van der Waals surface area contributed by atoms with E-state index in [2.05, 4.69) is 25.9 Å². The first-order chi connectivity index (χ1) is 11.5. The zero-order chi connectivity index (χ0) is 17.5. The molecule has 1 aromatic carbocycles. The number of hydrogen-bond donors (Lipinski definition) is 3. The summed E-state index contributed by atoms with van der Waals surface area (Å²) in [5.41, 5.74) is 3.66. The molecule has 3 N–H and O–H groups in total. The lowest BCUT2D eigenvalue weighted by atomic mass is 10.1. The van der Waals surface area contributed by atoms with Crippen molar-refractivity contribution in [3.8, 4) is 0 Å². The maximum Gasteiger partial charge on any atom is 0.251 e. The van der Waals surface area contributed by atoms with Crippen LogP contribution in [0, 0.1) is 20.8 Å². The van der Waals surface area contributed by atoms with Crippen LogP contribution in [-0.2, 0) is 0 Å². The number of carbonyl (C=O) groups is 1. The molecular formula is C18H25N5O. The molecule has 0 atom stereocenters. The molecule has 0 fully saturated rings. The van der Waals surface area contributed by atoms with Crippen molar-refractivity contribution in [1.82, 2.24) is 15.3 Å². The van der Waals surface area contributed by atoms with Crippen LogP contribution in [0.1, 0.15) is 34.1 Å². The largest absolute Gasteiger partial charge is 0.370 e. The second-order valence-electron chi connectivity index (χ2n) is 5.75. The Kier molecular flexibility index (Phi) is 6.12. The molecule has 6 heteroatoms. The van der Waals surface area contributed by atoms with E-state index in [1.54, 1.807) is 0 Å². The predicted molar refractivity (Wildman–Crippen MR) is 97.7 cm³/mol. The molecule has 1 heterocycles. The van der Waals surface area contributed by atoms with Gasteiger partial charge in [-0.15, -0.1) is 0 Å². The van der Waals surface area contributed by atoms with Crippen LogP contribution in [-0.4, -0.2) is 35.5 Å². The summed E-state index contributed by atoms with van der Waals surface area (Å²) in [4.78, 5) is 21.0. The van der Waals surface area contributed by atoms with E-state index in [4.69, 9.17) is 0 Å². The number of nitrogens with one attached hydrogen (secondary N) is 3. The van der Waals surface area contributed by atoms with Crippen LogP contribution >= 0.6 is 0 Å². The molecule has 1 aromatic heterocycles. The Morgan fingerprint density at radius 1 is 1.04 bits per heavy atom. The highest BCUT2D eigenvalue weighted by Gasteiger charge is 2.08. The third-order valence-corrected chi connectivity index (χ3v) is 3.54. The Balaban J connectivity index is 1.86. The predicted octanol–water partition coefficient (Wildman–Crippen LogP) is 2.68. The molecule has 24 heavy (non-hydrogen) atoms. The number of aryl methyl sites for hydroxylation is 3. The van der Waals surface area contributed by atoms with Crippen LogP contribution in [0.4, 0.5) is 11.8 Å². The van der Waals surface area contributed by atoms with Crippen LogP contribution in [0.5, 0.6) is 0 Å². The van der Waals surface area contributed by atoms with Gasteiger partial charge in [-0.1, -0.05) is 17.7 Å². The molecule has 0 aliphatic heterocycles. The summed E-state index contributed by atoms with van der Waals surface area (Å²) < 4.78 is 0. The van der Waals surface area contributed by atoms with Crippen molar-refractivity contribution in [1.29, 1.82) is 0 Å². The molecule has 0 spiro atoms. The number of nitrogens with zero attached hydrogens (tertiary/aromatic N) is 2. The molecule has 0 bridgehead atoms. The minimum Gasteiger partial charge on any atom is -0.370 e. The minimum atomic E-state index is -0.0588. The van der Waals surface area contributed by atoms with Gasteiger partial charge in [-0.25, -0.2) is 4.98 Å². The third-order valence-electron chi connectivity index (χ3n) is 3.54. The molecule has 0 aliphatic rings. The van der Waals surface area contributed by atoms with Crippen LogP contribution in [0.25, 0.3) is 0 Å². The molecule has 1 amide bonds. The Morgan fingerprint density at radius 3 is 2.58 bits per heavy atom. The van der Waals surface area contributed by atoms with E-state index in [-0.39, 0.29) is 5.91 Å². The van der Waals surface area contributed by atoms with Gasteiger partial charge in [0.05, 0.1) is 0 Å². The van der Waals surface area contributed by atoms with E-state index in [1.165, 1.54) is 0 Å². The van der Waals surface area contributed by atoms with Crippen molar-refractivity contribution in [2.45, 2.75) is 27.7 Å². The standard InChI is InChI=1S/C18H25N5O/c1-5-19-16-11-14(4)22-18(23-16)21-9-8-20-17(24)15-10-12(2)6-7-13(15)3/h6-7,10-11H,5,8-9H2,1-4H3,(H,20,24)(H2,19,21,22,23). The number of amides is 1. The van der Waals surface area contributed by atoms with Crippen molar-refractivity contribution in [3.05, 3.63) is 46.6 Å². The molecule has 0 radical (unpaired) electrons. The number of hydrogen-bond acceptors (Lipinski definition) is 5. The van der Waals surface area contributed by atoms with E-state index < -0.39 is 0 Å². The van der Waals surface area contributed by atoms with Crippen LogP contribution in [0.15, 0.2) is 24.3 Å². The summed E-state index contributed by atoms with van der Waals surface area (Å²) in [5.74, 6) is 1.30. The van der Waals surface area contributed by atoms with E-state index in [0.29, 0.717) is 19.0 Å². The van der Waals surface area contributed by atoms with Crippen molar-refractivity contribution in [3.63, 3.8) is 0 Å². The highest BCUT2D eigenvalue weighted by Crippen LogP contribution is 2.11. The molecule has 0 saturated carbocycles. The molecule has 128 valence electrons. The lowest BCUT2D eigenvalue weighted by Crippen LogP contribution is -2.29. The number of aromatic nitrogens is 2. The van der Waals surface area contributed by atoms with Gasteiger partial charge in [-0.2, -0.15) is 4.98 Å². The Morgan fingerprint density at radius 2 is 1.83 bits per heavy atom. The molecule has 0 unspecified atom stereocenters. The van der Waals surface area contributed by atoms with Crippen molar-refractivity contribution < 1.29 is 4.79 Å². The second kappa shape index (κ2) is 8.29. The monoisotopic (exact) mass is 327 g/mol. The fourth-order valence-electron chi connectivity index (χ4n) is 2.35. The van der Waals surface area contributed by atoms with E-state index in [0.717, 1.165) is 34.7 Å². The quantitative estimate of drug-likeness (QED) is 0.681. The van der Waals surface area contributed by atoms with Gasteiger partial charge >= 0.3 is 0 Å². The highest BCUT2D eigenvalue weighted by atomic mass is 16.1. The maximum atomic E-state index is 12.2. The van der Waals surface area contributed by atoms with Gasteiger partial charge in [0.25, 0.3) is 5.91 Å². The first kappa shape index (κ1) is 17.7. The first-order valence-electron chi connectivity index (χ1n) is 8.18. The lowest BCUT2D eigenvalue weighted by Gasteiger charge is -2.11. The summed E-state index contributed by atoms with van der Waals surface area (Å²) in [5, 5.41) is 9.23. The summed E-state index contributed by atoms with van der Waals surface area (Å²) in [6.45, 7) is 9.74. The van der Waals surface area contributed by atoms with Crippen LogP contribution < -0.4 is 16.0 Å². The van der Waals surface area contributed by atoms with E-state index in [9.17, 15) is 4.79 Å². The summed E-state index contributed by atoms with van der Waals surface area (Å²) in [6, 6.07) is 7.78. The van der Waals surface area contributed by atoms with Crippen molar-refractivity contribution >= 4 is 17.7 Å². The van der Waals surface area contributed by atoms with Crippen LogP contribution in [0.3, 0.4) is 0 Å².